The Hall–Kier alpha value is -2.21. The van der Waals surface area contributed by atoms with Crippen molar-refractivity contribution in [1.82, 2.24) is 15.6 Å². The molecule has 204 valence electrons. The summed E-state index contributed by atoms with van der Waals surface area (Å²) in [5.74, 6) is -0.246. The Bertz CT molecular complexity index is 1120. The first kappa shape index (κ1) is 27.8. The van der Waals surface area contributed by atoms with E-state index in [0.717, 1.165) is 24.3 Å². The van der Waals surface area contributed by atoms with E-state index in [0.29, 0.717) is 55.5 Å². The van der Waals surface area contributed by atoms with Crippen molar-refractivity contribution >= 4 is 38.6 Å². The Balaban J connectivity index is 1.53. The molecule has 1 aromatic heterocycles. The number of nitrogens with zero attached hydrogens (tertiary/aromatic N) is 2. The molecular formula is C26H39N5O4S2. The fourth-order valence-electron chi connectivity index (χ4n) is 5.08. The molecule has 2 atom stereocenters. The van der Waals surface area contributed by atoms with Gasteiger partial charge in [-0.3, -0.25) is 9.10 Å². The second-order valence-electron chi connectivity index (χ2n) is 9.91. The molecule has 1 aliphatic carbocycles. The molecule has 4 rings (SSSR count). The molecule has 0 spiro atoms. The molecule has 0 unspecified atom stereocenters. The van der Waals surface area contributed by atoms with Gasteiger partial charge in [-0.15, -0.1) is 11.3 Å². The molecule has 0 bridgehead atoms. The van der Waals surface area contributed by atoms with E-state index >= 15 is 0 Å². The van der Waals surface area contributed by atoms with Crippen molar-refractivity contribution in [3.63, 3.8) is 0 Å². The zero-order chi connectivity index (χ0) is 26.3. The lowest BCUT2D eigenvalue weighted by Gasteiger charge is -2.30. The lowest BCUT2D eigenvalue weighted by molar-refractivity contribution is 0.0821. The van der Waals surface area contributed by atoms with Crippen LogP contribution in [-0.2, 0) is 16.4 Å². The largest absolute Gasteiger partial charge is 0.390 e. The predicted molar refractivity (Wildman–Crippen MR) is 149 cm³/mol. The van der Waals surface area contributed by atoms with Crippen LogP contribution < -0.4 is 20.3 Å². The van der Waals surface area contributed by atoms with Crippen molar-refractivity contribution < 1.29 is 18.3 Å². The van der Waals surface area contributed by atoms with Gasteiger partial charge in [-0.25, -0.2) is 13.4 Å². The van der Waals surface area contributed by atoms with Crippen LogP contribution >= 0.6 is 11.3 Å². The van der Waals surface area contributed by atoms with Gasteiger partial charge < -0.3 is 21.1 Å². The number of rotatable bonds is 11. The zero-order valence-corrected chi connectivity index (χ0v) is 23.1. The second-order valence-corrected chi connectivity index (χ2v) is 12.9. The molecule has 1 saturated heterocycles. The van der Waals surface area contributed by atoms with E-state index in [1.807, 2.05) is 12.3 Å². The first-order valence-electron chi connectivity index (χ1n) is 13.4. The molecule has 4 N–H and O–H groups in total. The van der Waals surface area contributed by atoms with E-state index < -0.39 is 22.2 Å². The summed E-state index contributed by atoms with van der Waals surface area (Å²) >= 11 is 1.49. The monoisotopic (exact) mass is 549 g/mol. The molecule has 1 saturated carbocycles. The summed E-state index contributed by atoms with van der Waals surface area (Å²) in [5.41, 5.74) is 1.52. The molecule has 1 aliphatic heterocycles. The van der Waals surface area contributed by atoms with Crippen LogP contribution in [0.1, 0.15) is 67.2 Å². The van der Waals surface area contributed by atoms with Crippen molar-refractivity contribution in [2.45, 2.75) is 76.5 Å². The molecule has 2 aliphatic rings. The summed E-state index contributed by atoms with van der Waals surface area (Å²) in [6, 6.07) is 4.99. The van der Waals surface area contributed by atoms with E-state index in [-0.39, 0.29) is 11.7 Å². The zero-order valence-electron chi connectivity index (χ0n) is 21.5. The summed E-state index contributed by atoms with van der Waals surface area (Å²) in [4.78, 5) is 17.8. The third-order valence-corrected chi connectivity index (χ3v) is 9.75. The van der Waals surface area contributed by atoms with Gasteiger partial charge in [0.25, 0.3) is 5.91 Å². The lowest BCUT2D eigenvalue weighted by atomic mass is 9.95. The Morgan fingerprint density at radius 2 is 2.00 bits per heavy atom. The first-order valence-corrected chi connectivity index (χ1v) is 15.8. The van der Waals surface area contributed by atoms with Crippen LogP contribution in [0.4, 0.5) is 11.4 Å². The number of aliphatic hydroxyl groups is 1. The van der Waals surface area contributed by atoms with E-state index in [9.17, 15) is 18.3 Å². The molecule has 11 heteroatoms. The number of nitrogens with one attached hydrogen (secondary N) is 3. The second kappa shape index (κ2) is 13.0. The van der Waals surface area contributed by atoms with Gasteiger partial charge >= 0.3 is 0 Å². The number of hydrogen-bond donors (Lipinski definition) is 4. The number of benzene rings is 1. The van der Waals surface area contributed by atoms with Crippen molar-refractivity contribution in [2.24, 2.45) is 0 Å². The number of carbonyl (C=O) groups excluding carboxylic acids is 1. The molecule has 9 nitrogen and oxygen atoms in total. The lowest BCUT2D eigenvalue weighted by Crippen LogP contribution is -2.50. The van der Waals surface area contributed by atoms with Crippen LogP contribution in [-0.4, -0.2) is 68.0 Å². The number of aliphatic hydroxyl groups excluding tert-OH is 1. The minimum Gasteiger partial charge on any atom is -0.390 e. The number of sulfonamides is 1. The number of carbonyl (C=O) groups is 1. The minimum atomic E-state index is -3.42. The van der Waals surface area contributed by atoms with Crippen LogP contribution in [0, 0.1) is 0 Å². The quantitative estimate of drug-likeness (QED) is 0.340. The highest BCUT2D eigenvalue weighted by Gasteiger charge is 2.28. The van der Waals surface area contributed by atoms with Gasteiger partial charge in [0.15, 0.2) is 0 Å². The van der Waals surface area contributed by atoms with Crippen LogP contribution in [0.15, 0.2) is 29.8 Å². The van der Waals surface area contributed by atoms with E-state index in [2.05, 4.69) is 20.9 Å². The van der Waals surface area contributed by atoms with Gasteiger partial charge in [-0.1, -0.05) is 19.3 Å². The van der Waals surface area contributed by atoms with E-state index in [4.69, 9.17) is 0 Å². The first-order chi connectivity index (χ1) is 17.9. The summed E-state index contributed by atoms with van der Waals surface area (Å²) in [6.45, 7) is 3.37. The predicted octanol–water partition coefficient (Wildman–Crippen LogP) is 3.13. The fraction of sp³-hybridized carbons (Fsp3) is 0.615. The Morgan fingerprint density at radius 1 is 1.19 bits per heavy atom. The smallest absolute Gasteiger partial charge is 0.251 e. The maximum absolute atomic E-state index is 13.5. The molecule has 37 heavy (non-hydrogen) atoms. The molecule has 0 radical (unpaired) electrons. The third-order valence-electron chi connectivity index (χ3n) is 7.08. The molecular weight excluding hydrogens is 510 g/mol. The Kier molecular flexibility index (Phi) is 9.80. The van der Waals surface area contributed by atoms with Crippen molar-refractivity contribution in [3.05, 3.63) is 40.3 Å². The van der Waals surface area contributed by atoms with Gasteiger partial charge in [0.1, 0.15) is 0 Å². The van der Waals surface area contributed by atoms with Gasteiger partial charge in [0.05, 0.1) is 28.6 Å². The highest BCUT2D eigenvalue weighted by molar-refractivity contribution is 7.92. The number of aromatic nitrogens is 1. The van der Waals surface area contributed by atoms with Gasteiger partial charge in [-0.2, -0.15) is 0 Å². The highest BCUT2D eigenvalue weighted by Crippen LogP contribution is 2.28. The normalized spacial score (nSPS) is 19.8. The molecule has 2 fully saturated rings. The number of amides is 1. The van der Waals surface area contributed by atoms with Crippen molar-refractivity contribution in [2.75, 3.05) is 35.0 Å². The molecule has 2 heterocycles. The highest BCUT2D eigenvalue weighted by atomic mass is 32.2. The summed E-state index contributed by atoms with van der Waals surface area (Å²) in [5, 5.41) is 23.5. The van der Waals surface area contributed by atoms with Crippen LogP contribution in [0.2, 0.25) is 0 Å². The van der Waals surface area contributed by atoms with E-state index in [1.165, 1.54) is 34.9 Å². The molecule has 2 aromatic rings. The number of anilines is 2. The SMILES string of the molecule is CCNc1cc(C(=O)N[C@@H](Cc2nccs2)[C@H](O)CNC2CCCCC2)cc(N2CCCCS2(=O)=O)c1. The van der Waals surface area contributed by atoms with Gasteiger partial charge in [0, 0.05) is 54.9 Å². The van der Waals surface area contributed by atoms with E-state index in [1.54, 1.807) is 24.4 Å². The standard InChI is InChI=1S/C26H39N5O4S2/c1-2-27-21-14-19(15-22(16-21)31-11-6-7-13-37(31,34)35)26(33)30-23(17-25-28-10-12-36-25)24(32)18-29-20-8-4-3-5-9-20/h10,12,14-16,20,23-24,27,29,32H,2-9,11,13,17-18H2,1H3,(H,30,33)/t23-,24+/m0/s1. The number of hydrogen-bond acceptors (Lipinski definition) is 8. The third kappa shape index (κ3) is 7.66. The Morgan fingerprint density at radius 3 is 2.70 bits per heavy atom. The maximum Gasteiger partial charge on any atom is 0.251 e. The summed E-state index contributed by atoms with van der Waals surface area (Å²) in [6.07, 6.45) is 8.63. The molecule has 1 aromatic carbocycles. The topological polar surface area (TPSA) is 124 Å². The summed E-state index contributed by atoms with van der Waals surface area (Å²) < 4.78 is 26.9. The molecule has 1 amide bonds. The van der Waals surface area contributed by atoms with Crippen molar-refractivity contribution in [3.8, 4) is 0 Å². The fourth-order valence-corrected chi connectivity index (χ4v) is 7.38. The van der Waals surface area contributed by atoms with Crippen molar-refractivity contribution in [1.29, 1.82) is 0 Å². The van der Waals surface area contributed by atoms with Crippen LogP contribution in [0.3, 0.4) is 0 Å². The average Bonchev–Trinajstić information content (AvgIpc) is 3.40. The average molecular weight is 550 g/mol. The summed E-state index contributed by atoms with van der Waals surface area (Å²) in [7, 11) is -3.42. The minimum absolute atomic E-state index is 0.107. The van der Waals surface area contributed by atoms with Gasteiger partial charge in [0.2, 0.25) is 10.0 Å². The number of thiazole rings is 1. The Labute approximate surface area is 224 Å². The van der Waals surface area contributed by atoms with Crippen LogP contribution in [0.5, 0.6) is 0 Å². The maximum atomic E-state index is 13.5. The van der Waals surface area contributed by atoms with Gasteiger partial charge in [-0.05, 0) is 50.8 Å². The van der Waals surface area contributed by atoms with Crippen LogP contribution in [0.25, 0.3) is 0 Å².